The van der Waals surface area contributed by atoms with Crippen LogP contribution in [0.5, 0.6) is 11.5 Å². The summed E-state index contributed by atoms with van der Waals surface area (Å²) in [5.41, 5.74) is 1.99. The van der Waals surface area contributed by atoms with E-state index in [9.17, 15) is 9.59 Å². The highest BCUT2D eigenvalue weighted by Gasteiger charge is 2.21. The summed E-state index contributed by atoms with van der Waals surface area (Å²) in [6, 6.07) is 12.4. The first kappa shape index (κ1) is 23.4. The number of hydrogen-bond acceptors (Lipinski definition) is 7. The number of morpholine rings is 1. The molecule has 32 heavy (non-hydrogen) atoms. The molecule has 1 unspecified atom stereocenters. The minimum Gasteiger partial charge on any atom is -0.490 e. The van der Waals surface area contributed by atoms with Crippen LogP contribution in [-0.4, -0.2) is 57.5 Å². The molecule has 0 aromatic heterocycles. The van der Waals surface area contributed by atoms with Gasteiger partial charge >= 0.3 is 5.97 Å². The second kappa shape index (κ2) is 11.4. The van der Waals surface area contributed by atoms with Gasteiger partial charge in [0.15, 0.2) is 17.6 Å². The van der Waals surface area contributed by atoms with Crippen LogP contribution >= 0.6 is 0 Å². The molecule has 3 rings (SSSR count). The quantitative estimate of drug-likeness (QED) is 0.595. The fraction of sp³-hybridized carbons (Fsp3) is 0.417. The smallest absolute Gasteiger partial charge is 0.339 e. The summed E-state index contributed by atoms with van der Waals surface area (Å²) in [6.07, 6.45) is -0.969. The lowest BCUT2D eigenvalue weighted by atomic mass is 10.2. The zero-order valence-electron chi connectivity index (χ0n) is 18.8. The third kappa shape index (κ3) is 6.13. The van der Waals surface area contributed by atoms with Crippen LogP contribution in [-0.2, 0) is 14.3 Å². The standard InChI is InChI=1S/C24H30N2O6/c1-4-30-21-11-6-18(16-22(21)31-5-2)24(28)32-17(3)23(27)25-19-7-9-20(10-8-19)26-12-14-29-15-13-26/h6-11,16-17H,4-5,12-15H2,1-3H3,(H,25,27). The van der Waals surface area contributed by atoms with E-state index in [2.05, 4.69) is 10.2 Å². The summed E-state index contributed by atoms with van der Waals surface area (Å²) in [5.74, 6) is -0.00811. The number of hydrogen-bond donors (Lipinski definition) is 1. The van der Waals surface area contributed by atoms with Gasteiger partial charge in [-0.2, -0.15) is 0 Å². The highest BCUT2D eigenvalue weighted by molar-refractivity contribution is 5.97. The molecule has 2 aromatic carbocycles. The maximum atomic E-state index is 12.5. The zero-order valence-corrected chi connectivity index (χ0v) is 18.8. The highest BCUT2D eigenvalue weighted by Crippen LogP contribution is 2.29. The average molecular weight is 443 g/mol. The van der Waals surface area contributed by atoms with Crippen LogP contribution in [0.3, 0.4) is 0 Å². The molecule has 1 atom stereocenters. The van der Waals surface area contributed by atoms with E-state index in [1.165, 1.54) is 6.92 Å². The van der Waals surface area contributed by atoms with Crippen LogP contribution in [0.25, 0.3) is 0 Å². The van der Waals surface area contributed by atoms with E-state index >= 15 is 0 Å². The van der Waals surface area contributed by atoms with Gasteiger partial charge in [-0.15, -0.1) is 0 Å². The Morgan fingerprint density at radius 3 is 2.31 bits per heavy atom. The third-order valence-electron chi connectivity index (χ3n) is 4.94. The van der Waals surface area contributed by atoms with Gasteiger partial charge in [-0.25, -0.2) is 4.79 Å². The van der Waals surface area contributed by atoms with Gasteiger partial charge in [0.25, 0.3) is 5.91 Å². The van der Waals surface area contributed by atoms with Crippen molar-refractivity contribution in [3.05, 3.63) is 48.0 Å². The van der Waals surface area contributed by atoms with Crippen molar-refractivity contribution >= 4 is 23.3 Å². The Morgan fingerprint density at radius 2 is 1.66 bits per heavy atom. The summed E-state index contributed by atoms with van der Waals surface area (Å²) in [5, 5.41) is 2.78. The zero-order chi connectivity index (χ0) is 22.9. The number of carbonyl (C=O) groups excluding carboxylic acids is 2. The van der Waals surface area contributed by atoms with E-state index in [4.69, 9.17) is 18.9 Å². The van der Waals surface area contributed by atoms with E-state index in [-0.39, 0.29) is 5.56 Å². The maximum absolute atomic E-state index is 12.5. The second-order valence-corrected chi connectivity index (χ2v) is 7.21. The fourth-order valence-electron chi connectivity index (χ4n) is 3.28. The van der Waals surface area contributed by atoms with Crippen LogP contribution in [0.4, 0.5) is 11.4 Å². The van der Waals surface area contributed by atoms with Crippen LogP contribution in [0.15, 0.2) is 42.5 Å². The van der Waals surface area contributed by atoms with Crippen molar-refractivity contribution in [2.75, 3.05) is 49.7 Å². The molecular formula is C24H30N2O6. The molecule has 2 aromatic rings. The first-order valence-electron chi connectivity index (χ1n) is 10.9. The molecule has 0 bridgehead atoms. The number of benzene rings is 2. The summed E-state index contributed by atoms with van der Waals surface area (Å²) < 4.78 is 21.8. The molecule has 0 saturated carbocycles. The van der Waals surface area contributed by atoms with E-state index in [0.29, 0.717) is 43.6 Å². The van der Waals surface area contributed by atoms with Crippen molar-refractivity contribution in [3.8, 4) is 11.5 Å². The summed E-state index contributed by atoms with van der Waals surface area (Å²) >= 11 is 0. The SMILES string of the molecule is CCOc1ccc(C(=O)OC(C)C(=O)Nc2ccc(N3CCOCC3)cc2)cc1OCC. The second-order valence-electron chi connectivity index (χ2n) is 7.21. The van der Waals surface area contributed by atoms with E-state index in [0.717, 1.165) is 18.8 Å². The monoisotopic (exact) mass is 442 g/mol. The van der Waals surface area contributed by atoms with Gasteiger partial charge in [-0.05, 0) is 63.2 Å². The molecule has 8 heteroatoms. The Kier molecular flexibility index (Phi) is 8.33. The van der Waals surface area contributed by atoms with Crippen LogP contribution in [0, 0.1) is 0 Å². The molecule has 1 amide bonds. The molecule has 1 saturated heterocycles. The molecule has 1 fully saturated rings. The number of amides is 1. The van der Waals surface area contributed by atoms with Gasteiger partial charge < -0.3 is 29.2 Å². The summed E-state index contributed by atoms with van der Waals surface area (Å²) in [6.45, 7) is 9.27. The van der Waals surface area contributed by atoms with E-state index in [1.54, 1.807) is 18.2 Å². The fourth-order valence-corrected chi connectivity index (χ4v) is 3.28. The molecule has 0 aliphatic carbocycles. The number of nitrogens with zero attached hydrogens (tertiary/aromatic N) is 1. The Balaban J connectivity index is 1.57. The predicted octanol–water partition coefficient (Wildman–Crippen LogP) is 3.50. The summed E-state index contributed by atoms with van der Waals surface area (Å²) in [7, 11) is 0. The third-order valence-corrected chi connectivity index (χ3v) is 4.94. The number of nitrogens with one attached hydrogen (secondary N) is 1. The molecule has 0 radical (unpaired) electrons. The Labute approximate surface area is 188 Å². The first-order valence-corrected chi connectivity index (χ1v) is 10.9. The van der Waals surface area contributed by atoms with Crippen molar-refractivity contribution in [2.24, 2.45) is 0 Å². The topological polar surface area (TPSA) is 86.3 Å². The largest absolute Gasteiger partial charge is 0.490 e. The minimum absolute atomic E-state index is 0.284. The number of carbonyl (C=O) groups is 2. The number of ether oxygens (including phenoxy) is 4. The van der Waals surface area contributed by atoms with E-state index < -0.39 is 18.0 Å². The number of rotatable bonds is 9. The van der Waals surface area contributed by atoms with Crippen molar-refractivity contribution in [1.82, 2.24) is 0 Å². The molecule has 0 spiro atoms. The lowest BCUT2D eigenvalue weighted by Gasteiger charge is -2.28. The Hall–Kier alpha value is -3.26. The van der Waals surface area contributed by atoms with Crippen molar-refractivity contribution in [3.63, 3.8) is 0 Å². The molecule has 8 nitrogen and oxygen atoms in total. The lowest BCUT2D eigenvalue weighted by Crippen LogP contribution is -2.36. The van der Waals surface area contributed by atoms with Gasteiger partial charge in [0.05, 0.1) is 32.0 Å². The first-order chi connectivity index (χ1) is 15.5. The molecule has 1 aliphatic rings. The maximum Gasteiger partial charge on any atom is 0.339 e. The Morgan fingerprint density at radius 1 is 1.00 bits per heavy atom. The average Bonchev–Trinajstić information content (AvgIpc) is 2.81. The van der Waals surface area contributed by atoms with Crippen LogP contribution in [0.2, 0.25) is 0 Å². The predicted molar refractivity (Wildman–Crippen MR) is 122 cm³/mol. The van der Waals surface area contributed by atoms with Crippen molar-refractivity contribution in [1.29, 1.82) is 0 Å². The summed E-state index contributed by atoms with van der Waals surface area (Å²) in [4.78, 5) is 27.3. The van der Waals surface area contributed by atoms with Gasteiger partial charge in [-0.1, -0.05) is 0 Å². The molecule has 1 N–H and O–H groups in total. The van der Waals surface area contributed by atoms with Crippen LogP contribution < -0.4 is 19.7 Å². The van der Waals surface area contributed by atoms with Crippen molar-refractivity contribution in [2.45, 2.75) is 26.9 Å². The molecule has 1 aliphatic heterocycles. The minimum atomic E-state index is -0.969. The molecule has 1 heterocycles. The van der Waals surface area contributed by atoms with Gasteiger partial charge in [-0.3, -0.25) is 4.79 Å². The van der Waals surface area contributed by atoms with Gasteiger partial charge in [0, 0.05) is 24.5 Å². The molecular weight excluding hydrogens is 412 g/mol. The number of anilines is 2. The Bertz CT molecular complexity index is 909. The van der Waals surface area contributed by atoms with Gasteiger partial charge in [0.2, 0.25) is 0 Å². The van der Waals surface area contributed by atoms with E-state index in [1.807, 2.05) is 38.1 Å². The van der Waals surface area contributed by atoms with Gasteiger partial charge in [0.1, 0.15) is 0 Å². The highest BCUT2D eigenvalue weighted by atomic mass is 16.5. The lowest BCUT2D eigenvalue weighted by molar-refractivity contribution is -0.123. The van der Waals surface area contributed by atoms with Crippen LogP contribution in [0.1, 0.15) is 31.1 Å². The van der Waals surface area contributed by atoms with Crippen molar-refractivity contribution < 1.29 is 28.5 Å². The normalized spacial score (nSPS) is 14.4. The molecule has 172 valence electrons. The number of esters is 1.